The standard InChI is InChI=1S/C23H31N3O2/c1-4-18(2)24-23(27)20-11-9-19(10-12-20)17-25-13-15-26(16-14-25)21-7-5-6-8-22(21)28-3/h5-12,18H,4,13-17H2,1-3H3,(H,24,27)/t18-/m0/s1. The van der Waals surface area contributed by atoms with E-state index >= 15 is 0 Å². The number of carbonyl (C=O) groups is 1. The van der Waals surface area contributed by atoms with Crippen LogP contribution in [0.2, 0.25) is 0 Å². The molecule has 2 aromatic rings. The van der Waals surface area contributed by atoms with Gasteiger partial charge in [-0.15, -0.1) is 0 Å². The molecule has 1 amide bonds. The van der Waals surface area contributed by atoms with Crippen molar-refractivity contribution in [1.82, 2.24) is 10.2 Å². The largest absolute Gasteiger partial charge is 0.495 e. The second-order valence-corrected chi connectivity index (χ2v) is 7.41. The fraction of sp³-hybridized carbons (Fsp3) is 0.435. The average molecular weight is 382 g/mol. The zero-order valence-corrected chi connectivity index (χ0v) is 17.1. The van der Waals surface area contributed by atoms with Crippen LogP contribution in [-0.4, -0.2) is 50.1 Å². The van der Waals surface area contributed by atoms with Crippen LogP contribution in [0, 0.1) is 0 Å². The van der Waals surface area contributed by atoms with Gasteiger partial charge in [-0.05, 0) is 43.2 Å². The third kappa shape index (κ3) is 5.04. The zero-order chi connectivity index (χ0) is 19.9. The minimum absolute atomic E-state index is 0.00585. The number of hydrogen-bond donors (Lipinski definition) is 1. The smallest absolute Gasteiger partial charge is 0.251 e. The lowest BCUT2D eigenvalue weighted by Gasteiger charge is -2.36. The molecule has 0 radical (unpaired) electrons. The van der Waals surface area contributed by atoms with Gasteiger partial charge in [-0.3, -0.25) is 9.69 Å². The van der Waals surface area contributed by atoms with E-state index in [1.165, 1.54) is 11.3 Å². The Morgan fingerprint density at radius 1 is 1.07 bits per heavy atom. The highest BCUT2D eigenvalue weighted by Crippen LogP contribution is 2.28. The van der Waals surface area contributed by atoms with Crippen LogP contribution in [-0.2, 0) is 6.54 Å². The first-order valence-electron chi connectivity index (χ1n) is 10.1. The normalized spacial score (nSPS) is 15.9. The highest BCUT2D eigenvalue weighted by Gasteiger charge is 2.19. The van der Waals surface area contributed by atoms with Crippen molar-refractivity contribution in [2.24, 2.45) is 0 Å². The van der Waals surface area contributed by atoms with Gasteiger partial charge in [-0.25, -0.2) is 0 Å². The lowest BCUT2D eigenvalue weighted by molar-refractivity contribution is 0.0939. The SMILES string of the molecule is CC[C@H](C)NC(=O)c1ccc(CN2CCN(c3ccccc3OC)CC2)cc1. The molecule has 5 heteroatoms. The Labute approximate surface area is 168 Å². The molecule has 1 heterocycles. The number of nitrogens with zero attached hydrogens (tertiary/aromatic N) is 2. The summed E-state index contributed by atoms with van der Waals surface area (Å²) in [4.78, 5) is 17.0. The quantitative estimate of drug-likeness (QED) is 0.797. The minimum atomic E-state index is 0.00585. The lowest BCUT2D eigenvalue weighted by atomic mass is 10.1. The van der Waals surface area contributed by atoms with E-state index < -0.39 is 0 Å². The van der Waals surface area contributed by atoms with Gasteiger partial charge in [-0.1, -0.05) is 31.2 Å². The van der Waals surface area contributed by atoms with Gasteiger partial charge in [0.25, 0.3) is 5.91 Å². The van der Waals surface area contributed by atoms with Crippen molar-refractivity contribution in [3.05, 3.63) is 59.7 Å². The predicted octanol–water partition coefficient (Wildman–Crippen LogP) is 3.55. The summed E-state index contributed by atoms with van der Waals surface area (Å²) in [7, 11) is 1.72. The number of rotatable bonds is 7. The molecule has 0 aromatic heterocycles. The molecule has 1 fully saturated rings. The molecule has 1 N–H and O–H groups in total. The number of para-hydroxylation sites is 2. The molecule has 3 rings (SSSR count). The van der Waals surface area contributed by atoms with Crippen LogP contribution >= 0.6 is 0 Å². The first-order valence-corrected chi connectivity index (χ1v) is 10.1. The Hall–Kier alpha value is -2.53. The first-order chi connectivity index (χ1) is 13.6. The summed E-state index contributed by atoms with van der Waals surface area (Å²) < 4.78 is 5.49. The van der Waals surface area contributed by atoms with Gasteiger partial charge in [0.05, 0.1) is 12.8 Å². The second-order valence-electron chi connectivity index (χ2n) is 7.41. The zero-order valence-electron chi connectivity index (χ0n) is 17.1. The van der Waals surface area contributed by atoms with Crippen LogP contribution in [0.15, 0.2) is 48.5 Å². The molecule has 0 bridgehead atoms. The number of benzene rings is 2. The molecular formula is C23H31N3O2. The van der Waals surface area contributed by atoms with Crippen molar-refractivity contribution in [3.8, 4) is 5.75 Å². The molecule has 5 nitrogen and oxygen atoms in total. The van der Waals surface area contributed by atoms with E-state index in [0.717, 1.165) is 50.5 Å². The van der Waals surface area contributed by atoms with Gasteiger partial charge in [0.15, 0.2) is 0 Å². The molecule has 0 saturated carbocycles. The fourth-order valence-corrected chi connectivity index (χ4v) is 3.47. The van der Waals surface area contributed by atoms with Gasteiger partial charge in [0, 0.05) is 44.3 Å². The van der Waals surface area contributed by atoms with Crippen molar-refractivity contribution in [2.45, 2.75) is 32.9 Å². The first kappa shape index (κ1) is 20.2. The van der Waals surface area contributed by atoms with Crippen LogP contribution in [0.25, 0.3) is 0 Å². The van der Waals surface area contributed by atoms with Crippen molar-refractivity contribution < 1.29 is 9.53 Å². The van der Waals surface area contributed by atoms with Gasteiger partial charge >= 0.3 is 0 Å². The van der Waals surface area contributed by atoms with E-state index in [-0.39, 0.29) is 11.9 Å². The maximum absolute atomic E-state index is 12.2. The second kappa shape index (κ2) is 9.60. The molecule has 2 aromatic carbocycles. The highest BCUT2D eigenvalue weighted by atomic mass is 16.5. The van der Waals surface area contributed by atoms with Crippen LogP contribution in [0.3, 0.4) is 0 Å². The molecule has 28 heavy (non-hydrogen) atoms. The summed E-state index contributed by atoms with van der Waals surface area (Å²) in [6.45, 7) is 8.99. The number of piperazine rings is 1. The maximum atomic E-state index is 12.2. The molecular weight excluding hydrogens is 350 g/mol. The summed E-state index contributed by atoms with van der Waals surface area (Å²) in [5, 5.41) is 3.01. The monoisotopic (exact) mass is 381 g/mol. The third-order valence-corrected chi connectivity index (χ3v) is 5.41. The van der Waals surface area contributed by atoms with E-state index in [4.69, 9.17) is 4.74 Å². The van der Waals surface area contributed by atoms with E-state index in [2.05, 4.69) is 46.3 Å². The Bertz CT molecular complexity index is 768. The molecule has 0 unspecified atom stereocenters. The number of hydrogen-bond acceptors (Lipinski definition) is 4. The molecule has 0 aliphatic carbocycles. The van der Waals surface area contributed by atoms with Crippen LogP contribution in [0.1, 0.15) is 36.2 Å². The summed E-state index contributed by atoms with van der Waals surface area (Å²) in [5.41, 5.74) is 3.14. The Morgan fingerprint density at radius 2 is 1.75 bits per heavy atom. The van der Waals surface area contributed by atoms with E-state index in [9.17, 15) is 4.79 Å². The van der Waals surface area contributed by atoms with Gasteiger partial charge in [0.1, 0.15) is 5.75 Å². The molecule has 1 aliphatic heterocycles. The van der Waals surface area contributed by atoms with Crippen molar-refractivity contribution in [2.75, 3.05) is 38.2 Å². The summed E-state index contributed by atoms with van der Waals surface area (Å²) >= 11 is 0. The Kier molecular flexibility index (Phi) is 6.93. The number of nitrogens with one attached hydrogen (secondary N) is 1. The number of carbonyl (C=O) groups excluding carboxylic acids is 1. The molecule has 1 saturated heterocycles. The minimum Gasteiger partial charge on any atom is -0.495 e. The van der Waals surface area contributed by atoms with E-state index in [1.54, 1.807) is 7.11 Å². The van der Waals surface area contributed by atoms with Gasteiger partial charge in [-0.2, -0.15) is 0 Å². The van der Waals surface area contributed by atoms with Crippen LogP contribution in [0.5, 0.6) is 5.75 Å². The van der Waals surface area contributed by atoms with Crippen LogP contribution < -0.4 is 15.0 Å². The van der Waals surface area contributed by atoms with Gasteiger partial charge < -0.3 is 15.0 Å². The topological polar surface area (TPSA) is 44.8 Å². The lowest BCUT2D eigenvalue weighted by Crippen LogP contribution is -2.46. The fourth-order valence-electron chi connectivity index (χ4n) is 3.47. The number of ether oxygens (including phenoxy) is 1. The Balaban J connectivity index is 1.53. The summed E-state index contributed by atoms with van der Waals surface area (Å²) in [5.74, 6) is 0.938. The maximum Gasteiger partial charge on any atom is 0.251 e. The predicted molar refractivity (Wildman–Crippen MR) is 114 cm³/mol. The van der Waals surface area contributed by atoms with Crippen molar-refractivity contribution in [1.29, 1.82) is 0 Å². The summed E-state index contributed by atoms with van der Waals surface area (Å²) in [6.07, 6.45) is 0.935. The average Bonchev–Trinajstić information content (AvgIpc) is 2.74. The Morgan fingerprint density at radius 3 is 2.39 bits per heavy atom. The number of methoxy groups -OCH3 is 1. The van der Waals surface area contributed by atoms with Gasteiger partial charge in [0.2, 0.25) is 0 Å². The summed E-state index contributed by atoms with van der Waals surface area (Å²) in [6, 6.07) is 16.4. The number of amides is 1. The third-order valence-electron chi connectivity index (χ3n) is 5.41. The van der Waals surface area contributed by atoms with Crippen LogP contribution in [0.4, 0.5) is 5.69 Å². The van der Waals surface area contributed by atoms with Crippen molar-refractivity contribution >= 4 is 11.6 Å². The van der Waals surface area contributed by atoms with Crippen molar-refractivity contribution in [3.63, 3.8) is 0 Å². The van der Waals surface area contributed by atoms with E-state index in [0.29, 0.717) is 0 Å². The van der Waals surface area contributed by atoms with E-state index in [1.807, 2.05) is 31.2 Å². The molecule has 150 valence electrons. The molecule has 0 spiro atoms. The highest BCUT2D eigenvalue weighted by molar-refractivity contribution is 5.94. The number of anilines is 1. The molecule has 1 aliphatic rings. The molecule has 1 atom stereocenters.